The SMILES string of the molecule is CNS(=O)(=O)c1cc(C(=O)NCc2ccc(Oc3cccc(F)c3)nc2)n(C)c1. The summed E-state index contributed by atoms with van der Waals surface area (Å²) in [6.07, 6.45) is 2.89. The van der Waals surface area contributed by atoms with E-state index in [2.05, 4.69) is 15.0 Å². The maximum Gasteiger partial charge on any atom is 0.268 e. The summed E-state index contributed by atoms with van der Waals surface area (Å²) in [5.41, 5.74) is 0.917. The highest BCUT2D eigenvalue weighted by molar-refractivity contribution is 7.89. The van der Waals surface area contributed by atoms with Crippen molar-refractivity contribution in [3.8, 4) is 11.6 Å². The van der Waals surface area contributed by atoms with Crippen LogP contribution in [-0.2, 0) is 23.6 Å². The second-order valence-corrected chi connectivity index (χ2v) is 8.01. The van der Waals surface area contributed by atoms with Gasteiger partial charge in [-0.1, -0.05) is 12.1 Å². The summed E-state index contributed by atoms with van der Waals surface area (Å²) in [5.74, 6) is -0.220. The van der Waals surface area contributed by atoms with Crippen molar-refractivity contribution in [2.75, 3.05) is 7.05 Å². The van der Waals surface area contributed by atoms with Crippen LogP contribution in [0.25, 0.3) is 0 Å². The Morgan fingerprint density at radius 1 is 1.24 bits per heavy atom. The molecule has 0 bridgehead atoms. The van der Waals surface area contributed by atoms with Crippen molar-refractivity contribution < 1.29 is 22.3 Å². The van der Waals surface area contributed by atoms with Crippen LogP contribution in [0.3, 0.4) is 0 Å². The predicted octanol–water partition coefficient (Wildman–Crippen LogP) is 2.19. The predicted molar refractivity (Wildman–Crippen MR) is 104 cm³/mol. The topological polar surface area (TPSA) is 102 Å². The minimum Gasteiger partial charge on any atom is -0.439 e. The molecule has 29 heavy (non-hydrogen) atoms. The van der Waals surface area contributed by atoms with E-state index in [1.165, 1.54) is 48.3 Å². The zero-order valence-electron chi connectivity index (χ0n) is 15.7. The summed E-state index contributed by atoms with van der Waals surface area (Å²) in [4.78, 5) is 16.5. The Hall–Kier alpha value is -3.24. The summed E-state index contributed by atoms with van der Waals surface area (Å²) >= 11 is 0. The van der Waals surface area contributed by atoms with Crippen LogP contribution >= 0.6 is 0 Å². The lowest BCUT2D eigenvalue weighted by Crippen LogP contribution is -2.24. The summed E-state index contributed by atoms with van der Waals surface area (Å²) in [5, 5.41) is 2.71. The number of amides is 1. The highest BCUT2D eigenvalue weighted by atomic mass is 32.2. The van der Waals surface area contributed by atoms with Gasteiger partial charge in [-0.05, 0) is 30.8 Å². The molecule has 8 nitrogen and oxygen atoms in total. The molecule has 1 aromatic carbocycles. The van der Waals surface area contributed by atoms with E-state index < -0.39 is 21.7 Å². The lowest BCUT2D eigenvalue weighted by atomic mass is 10.2. The number of nitrogens with one attached hydrogen (secondary N) is 2. The van der Waals surface area contributed by atoms with Crippen LogP contribution in [0, 0.1) is 5.82 Å². The van der Waals surface area contributed by atoms with Gasteiger partial charge in [0.05, 0.1) is 0 Å². The number of hydrogen-bond donors (Lipinski definition) is 2. The average molecular weight is 418 g/mol. The quantitative estimate of drug-likeness (QED) is 0.612. The minimum atomic E-state index is -3.63. The third-order valence-corrected chi connectivity index (χ3v) is 5.44. The third kappa shape index (κ3) is 4.98. The zero-order chi connectivity index (χ0) is 21.0. The lowest BCUT2D eigenvalue weighted by Gasteiger charge is -2.08. The van der Waals surface area contributed by atoms with Gasteiger partial charge in [-0.25, -0.2) is 22.5 Å². The molecule has 2 N–H and O–H groups in total. The standard InChI is InChI=1S/C19H19FN4O4S/c1-21-29(26,27)16-9-17(24(2)12-16)19(25)23-11-13-6-7-18(22-10-13)28-15-5-3-4-14(20)8-15/h3-10,12,21H,11H2,1-2H3,(H,23,25). The van der Waals surface area contributed by atoms with E-state index in [1.54, 1.807) is 25.2 Å². The molecule has 3 rings (SSSR count). The van der Waals surface area contributed by atoms with Crippen molar-refractivity contribution in [1.29, 1.82) is 0 Å². The smallest absolute Gasteiger partial charge is 0.268 e. The van der Waals surface area contributed by atoms with Gasteiger partial charge >= 0.3 is 0 Å². The fourth-order valence-electron chi connectivity index (χ4n) is 2.52. The molecule has 0 saturated carbocycles. The molecule has 0 radical (unpaired) electrons. The molecule has 0 spiro atoms. The molecular weight excluding hydrogens is 399 g/mol. The van der Waals surface area contributed by atoms with Crippen LogP contribution in [0.2, 0.25) is 0 Å². The second kappa shape index (κ2) is 8.41. The third-order valence-electron chi connectivity index (χ3n) is 4.06. The van der Waals surface area contributed by atoms with Gasteiger partial charge < -0.3 is 14.6 Å². The number of pyridine rings is 1. The van der Waals surface area contributed by atoms with Crippen LogP contribution < -0.4 is 14.8 Å². The van der Waals surface area contributed by atoms with E-state index in [4.69, 9.17) is 4.74 Å². The summed E-state index contributed by atoms with van der Waals surface area (Å²) < 4.78 is 46.0. The molecule has 3 aromatic rings. The van der Waals surface area contributed by atoms with Gasteiger partial charge in [0.2, 0.25) is 15.9 Å². The van der Waals surface area contributed by atoms with Gasteiger partial charge in [-0.2, -0.15) is 0 Å². The molecule has 0 unspecified atom stereocenters. The van der Waals surface area contributed by atoms with Crippen molar-refractivity contribution in [1.82, 2.24) is 19.6 Å². The maximum absolute atomic E-state index is 13.2. The Morgan fingerprint density at radius 2 is 2.03 bits per heavy atom. The summed E-state index contributed by atoms with van der Waals surface area (Å²) in [7, 11) is -0.743. The maximum atomic E-state index is 13.2. The molecule has 10 heteroatoms. The first-order valence-electron chi connectivity index (χ1n) is 8.55. The fourth-order valence-corrected chi connectivity index (χ4v) is 3.32. The van der Waals surface area contributed by atoms with E-state index in [0.717, 1.165) is 0 Å². The van der Waals surface area contributed by atoms with E-state index in [0.29, 0.717) is 11.3 Å². The van der Waals surface area contributed by atoms with Crippen LogP contribution in [0.1, 0.15) is 16.1 Å². The van der Waals surface area contributed by atoms with Gasteiger partial charge in [0.1, 0.15) is 22.2 Å². The normalized spacial score (nSPS) is 11.3. The first kappa shape index (κ1) is 20.5. The molecule has 152 valence electrons. The fraction of sp³-hybridized carbons (Fsp3) is 0.158. The van der Waals surface area contributed by atoms with Crippen LogP contribution in [0.15, 0.2) is 59.8 Å². The van der Waals surface area contributed by atoms with Crippen molar-refractivity contribution in [3.05, 3.63) is 71.9 Å². The molecule has 0 aliphatic rings. The Morgan fingerprint density at radius 3 is 2.69 bits per heavy atom. The molecule has 0 saturated heterocycles. The molecule has 0 atom stereocenters. The Labute approximate surface area is 167 Å². The van der Waals surface area contributed by atoms with E-state index in [1.807, 2.05) is 0 Å². The van der Waals surface area contributed by atoms with Crippen molar-refractivity contribution >= 4 is 15.9 Å². The first-order valence-corrected chi connectivity index (χ1v) is 10.0. The van der Waals surface area contributed by atoms with E-state index in [9.17, 15) is 17.6 Å². The molecule has 2 aromatic heterocycles. The molecule has 1 amide bonds. The van der Waals surface area contributed by atoms with Crippen LogP contribution in [0.4, 0.5) is 4.39 Å². The highest BCUT2D eigenvalue weighted by Crippen LogP contribution is 2.20. The number of aryl methyl sites for hydroxylation is 1. The van der Waals surface area contributed by atoms with Gasteiger partial charge in [0.25, 0.3) is 5.91 Å². The minimum absolute atomic E-state index is 0.00756. The number of aromatic nitrogens is 2. The molecular formula is C19H19FN4O4S. The number of ether oxygens (including phenoxy) is 1. The first-order chi connectivity index (χ1) is 13.8. The van der Waals surface area contributed by atoms with Gasteiger partial charge in [0.15, 0.2) is 0 Å². The van der Waals surface area contributed by atoms with Crippen LogP contribution in [0.5, 0.6) is 11.6 Å². The number of rotatable bonds is 7. The van der Waals surface area contributed by atoms with Gasteiger partial charge in [-0.3, -0.25) is 4.79 Å². The van der Waals surface area contributed by atoms with Crippen molar-refractivity contribution in [2.45, 2.75) is 11.4 Å². The Kier molecular flexibility index (Phi) is 5.95. The molecule has 2 heterocycles. The lowest BCUT2D eigenvalue weighted by molar-refractivity contribution is 0.0942. The van der Waals surface area contributed by atoms with E-state index in [-0.39, 0.29) is 23.0 Å². The molecule has 0 aliphatic heterocycles. The summed E-state index contributed by atoms with van der Waals surface area (Å²) in [6, 6.07) is 10.3. The van der Waals surface area contributed by atoms with Crippen molar-refractivity contribution in [2.24, 2.45) is 7.05 Å². The number of hydrogen-bond acceptors (Lipinski definition) is 5. The number of carbonyl (C=O) groups is 1. The molecule has 0 fully saturated rings. The number of halogens is 1. The largest absolute Gasteiger partial charge is 0.439 e. The zero-order valence-corrected chi connectivity index (χ0v) is 16.5. The average Bonchev–Trinajstić information content (AvgIpc) is 3.10. The van der Waals surface area contributed by atoms with E-state index >= 15 is 0 Å². The number of benzene rings is 1. The highest BCUT2D eigenvalue weighted by Gasteiger charge is 2.19. The summed E-state index contributed by atoms with van der Waals surface area (Å²) in [6.45, 7) is 0.186. The number of nitrogens with zero attached hydrogens (tertiary/aromatic N) is 2. The van der Waals surface area contributed by atoms with Gasteiger partial charge in [0, 0.05) is 38.1 Å². The van der Waals surface area contributed by atoms with Crippen LogP contribution in [-0.4, -0.2) is 30.9 Å². The van der Waals surface area contributed by atoms with Gasteiger partial charge in [-0.15, -0.1) is 0 Å². The Bertz CT molecular complexity index is 1130. The Balaban J connectivity index is 1.62. The molecule has 0 aliphatic carbocycles. The monoisotopic (exact) mass is 418 g/mol. The number of sulfonamides is 1. The number of carbonyl (C=O) groups excluding carboxylic acids is 1. The van der Waals surface area contributed by atoms with Crippen molar-refractivity contribution in [3.63, 3.8) is 0 Å². The second-order valence-electron chi connectivity index (χ2n) is 6.13.